The molecule has 0 saturated heterocycles. The van der Waals surface area contributed by atoms with Crippen LogP contribution in [0.15, 0.2) is 51.6 Å². The van der Waals surface area contributed by atoms with E-state index in [0.717, 1.165) is 0 Å². The van der Waals surface area contributed by atoms with Gasteiger partial charge in [0.05, 0.1) is 6.54 Å². The van der Waals surface area contributed by atoms with Crippen molar-refractivity contribution in [3.05, 3.63) is 58.5 Å². The normalized spacial score (nSPS) is 11.5. The number of benzene rings is 1. The van der Waals surface area contributed by atoms with Crippen LogP contribution >= 0.6 is 15.9 Å². The lowest BCUT2D eigenvalue weighted by atomic mass is 10.1. The number of furan rings is 1. The van der Waals surface area contributed by atoms with Crippen LogP contribution in [0.1, 0.15) is 22.2 Å². The van der Waals surface area contributed by atoms with Gasteiger partial charge < -0.3 is 20.8 Å². The van der Waals surface area contributed by atoms with Gasteiger partial charge in [0.15, 0.2) is 10.4 Å². The fraction of sp³-hybridized carbons (Fsp3) is 0.133. The molecule has 120 valence electrons. The molecule has 8 heteroatoms. The van der Waals surface area contributed by atoms with E-state index < -0.39 is 23.8 Å². The second-order valence-corrected chi connectivity index (χ2v) is 5.38. The summed E-state index contributed by atoms with van der Waals surface area (Å²) in [5, 5.41) is 4.87. The Bertz CT molecular complexity index is 715. The Kier molecular flexibility index (Phi) is 5.53. The van der Waals surface area contributed by atoms with Gasteiger partial charge in [0.2, 0.25) is 11.8 Å². The molecule has 1 unspecified atom stereocenters. The first-order valence-corrected chi connectivity index (χ1v) is 7.44. The van der Waals surface area contributed by atoms with E-state index in [9.17, 15) is 14.4 Å². The topological polar surface area (TPSA) is 114 Å². The Hall–Kier alpha value is -2.61. The monoisotopic (exact) mass is 379 g/mol. The Morgan fingerprint density at radius 1 is 1.13 bits per heavy atom. The molecule has 2 aromatic rings. The van der Waals surface area contributed by atoms with E-state index in [1.807, 2.05) is 0 Å². The molecule has 1 aromatic heterocycles. The van der Waals surface area contributed by atoms with Crippen molar-refractivity contribution in [3.63, 3.8) is 0 Å². The van der Waals surface area contributed by atoms with Crippen molar-refractivity contribution in [2.45, 2.75) is 6.04 Å². The van der Waals surface area contributed by atoms with E-state index in [4.69, 9.17) is 10.2 Å². The molecule has 1 heterocycles. The Morgan fingerprint density at radius 2 is 1.83 bits per heavy atom. The molecule has 0 aliphatic rings. The van der Waals surface area contributed by atoms with Gasteiger partial charge >= 0.3 is 0 Å². The lowest BCUT2D eigenvalue weighted by Crippen LogP contribution is -2.42. The summed E-state index contributed by atoms with van der Waals surface area (Å²) in [6.45, 7) is -0.312. The molecule has 0 spiro atoms. The molecular formula is C15H14BrN3O4. The number of primary amides is 1. The van der Waals surface area contributed by atoms with Crippen molar-refractivity contribution in [1.29, 1.82) is 0 Å². The first-order valence-electron chi connectivity index (χ1n) is 6.64. The van der Waals surface area contributed by atoms with Gasteiger partial charge in [0, 0.05) is 0 Å². The third kappa shape index (κ3) is 4.68. The van der Waals surface area contributed by atoms with Gasteiger partial charge in [-0.2, -0.15) is 0 Å². The summed E-state index contributed by atoms with van der Waals surface area (Å²) in [4.78, 5) is 35.2. The largest absolute Gasteiger partial charge is 0.444 e. The zero-order valence-corrected chi connectivity index (χ0v) is 13.5. The van der Waals surface area contributed by atoms with Gasteiger partial charge in [0.1, 0.15) is 6.04 Å². The molecule has 0 radical (unpaired) electrons. The highest BCUT2D eigenvalue weighted by molar-refractivity contribution is 9.10. The number of hydrogen-bond acceptors (Lipinski definition) is 4. The van der Waals surface area contributed by atoms with Crippen LogP contribution in [0.3, 0.4) is 0 Å². The summed E-state index contributed by atoms with van der Waals surface area (Å²) < 4.78 is 5.47. The zero-order chi connectivity index (χ0) is 16.8. The molecule has 1 atom stereocenters. The number of nitrogens with one attached hydrogen (secondary N) is 2. The predicted octanol–water partition coefficient (Wildman–Crippen LogP) is 1.11. The lowest BCUT2D eigenvalue weighted by Gasteiger charge is -2.15. The molecule has 3 amide bonds. The standard InChI is InChI=1S/C15H14BrN3O4/c16-11-7-6-10(23-11)15(22)18-8-12(20)19-13(14(17)21)9-4-2-1-3-5-9/h1-7,13H,8H2,(H2,17,21)(H,18,22)(H,19,20). The van der Waals surface area contributed by atoms with Crippen LogP contribution < -0.4 is 16.4 Å². The van der Waals surface area contributed by atoms with E-state index in [0.29, 0.717) is 10.2 Å². The Morgan fingerprint density at radius 3 is 2.39 bits per heavy atom. The van der Waals surface area contributed by atoms with Crippen molar-refractivity contribution in [1.82, 2.24) is 10.6 Å². The minimum atomic E-state index is -0.960. The Labute approximate surface area is 140 Å². The number of nitrogens with two attached hydrogens (primary N) is 1. The van der Waals surface area contributed by atoms with Crippen molar-refractivity contribution in [2.75, 3.05) is 6.54 Å². The molecule has 0 aliphatic heterocycles. The van der Waals surface area contributed by atoms with E-state index >= 15 is 0 Å². The Balaban J connectivity index is 1.92. The second-order valence-electron chi connectivity index (χ2n) is 4.60. The number of rotatable bonds is 6. The molecule has 0 saturated carbocycles. The maximum absolute atomic E-state index is 11.9. The molecule has 2 rings (SSSR count). The fourth-order valence-electron chi connectivity index (χ4n) is 1.86. The molecule has 0 bridgehead atoms. The first kappa shape index (κ1) is 16.8. The quantitative estimate of drug-likeness (QED) is 0.697. The van der Waals surface area contributed by atoms with Crippen LogP contribution in [-0.4, -0.2) is 24.3 Å². The SMILES string of the molecule is NC(=O)C(NC(=O)CNC(=O)c1ccc(Br)o1)c1ccccc1. The van der Waals surface area contributed by atoms with Gasteiger partial charge in [0.25, 0.3) is 5.91 Å². The third-order valence-corrected chi connectivity index (χ3v) is 3.36. The van der Waals surface area contributed by atoms with E-state index in [1.54, 1.807) is 36.4 Å². The van der Waals surface area contributed by atoms with Gasteiger partial charge in [-0.25, -0.2) is 0 Å². The molecule has 0 aliphatic carbocycles. The third-order valence-electron chi connectivity index (χ3n) is 2.93. The van der Waals surface area contributed by atoms with Crippen LogP contribution in [0.5, 0.6) is 0 Å². The van der Waals surface area contributed by atoms with Crippen LogP contribution in [0, 0.1) is 0 Å². The summed E-state index contributed by atoms with van der Waals surface area (Å²) in [6, 6.07) is 10.7. The summed E-state index contributed by atoms with van der Waals surface area (Å²) in [7, 11) is 0. The number of halogens is 1. The zero-order valence-electron chi connectivity index (χ0n) is 11.9. The highest BCUT2D eigenvalue weighted by Gasteiger charge is 2.20. The first-order chi connectivity index (χ1) is 11.0. The molecule has 1 aromatic carbocycles. The van der Waals surface area contributed by atoms with Gasteiger partial charge in [-0.3, -0.25) is 14.4 Å². The molecule has 7 nitrogen and oxygen atoms in total. The summed E-state index contributed by atoms with van der Waals surface area (Å²) in [5.74, 6) is -1.71. The van der Waals surface area contributed by atoms with Crippen molar-refractivity contribution >= 4 is 33.7 Å². The van der Waals surface area contributed by atoms with Crippen LogP contribution in [0.25, 0.3) is 0 Å². The van der Waals surface area contributed by atoms with Crippen molar-refractivity contribution in [2.24, 2.45) is 5.73 Å². The van der Waals surface area contributed by atoms with E-state index in [2.05, 4.69) is 26.6 Å². The number of amides is 3. The number of carbonyl (C=O) groups excluding carboxylic acids is 3. The highest BCUT2D eigenvalue weighted by atomic mass is 79.9. The minimum Gasteiger partial charge on any atom is -0.444 e. The average molecular weight is 380 g/mol. The van der Waals surface area contributed by atoms with Crippen molar-refractivity contribution < 1.29 is 18.8 Å². The van der Waals surface area contributed by atoms with Gasteiger partial charge in [-0.05, 0) is 33.6 Å². The molecular weight excluding hydrogens is 366 g/mol. The van der Waals surface area contributed by atoms with Crippen LogP contribution in [0.2, 0.25) is 0 Å². The van der Waals surface area contributed by atoms with E-state index in [-0.39, 0.29) is 12.3 Å². The van der Waals surface area contributed by atoms with Crippen molar-refractivity contribution in [3.8, 4) is 0 Å². The van der Waals surface area contributed by atoms with Crippen LogP contribution in [-0.2, 0) is 9.59 Å². The molecule has 4 N–H and O–H groups in total. The second kappa shape index (κ2) is 7.59. The molecule has 0 fully saturated rings. The van der Waals surface area contributed by atoms with Crippen LogP contribution in [0.4, 0.5) is 0 Å². The molecule has 23 heavy (non-hydrogen) atoms. The summed E-state index contributed by atoms with van der Waals surface area (Å²) in [6.07, 6.45) is 0. The summed E-state index contributed by atoms with van der Waals surface area (Å²) >= 11 is 3.08. The summed E-state index contributed by atoms with van der Waals surface area (Å²) in [5.41, 5.74) is 5.87. The number of hydrogen-bond donors (Lipinski definition) is 3. The minimum absolute atomic E-state index is 0.0687. The van der Waals surface area contributed by atoms with E-state index in [1.165, 1.54) is 6.07 Å². The highest BCUT2D eigenvalue weighted by Crippen LogP contribution is 2.14. The lowest BCUT2D eigenvalue weighted by molar-refractivity contribution is -0.126. The maximum atomic E-state index is 11.9. The predicted molar refractivity (Wildman–Crippen MR) is 85.3 cm³/mol. The van der Waals surface area contributed by atoms with Gasteiger partial charge in [-0.15, -0.1) is 0 Å². The fourth-order valence-corrected chi connectivity index (χ4v) is 2.17. The van der Waals surface area contributed by atoms with Gasteiger partial charge in [-0.1, -0.05) is 30.3 Å². The maximum Gasteiger partial charge on any atom is 0.287 e. The smallest absolute Gasteiger partial charge is 0.287 e. The number of carbonyl (C=O) groups is 3. The average Bonchev–Trinajstić information content (AvgIpc) is 2.97.